The lowest BCUT2D eigenvalue weighted by Gasteiger charge is -2.09. The van der Waals surface area contributed by atoms with Crippen molar-refractivity contribution in [3.63, 3.8) is 0 Å². The van der Waals surface area contributed by atoms with E-state index in [4.69, 9.17) is 4.74 Å². The van der Waals surface area contributed by atoms with E-state index >= 15 is 0 Å². The molecular formula is C12H16O. The van der Waals surface area contributed by atoms with Crippen LogP contribution >= 0.6 is 0 Å². The van der Waals surface area contributed by atoms with Crippen molar-refractivity contribution >= 4 is 0 Å². The zero-order valence-corrected chi connectivity index (χ0v) is 8.55. The summed E-state index contributed by atoms with van der Waals surface area (Å²) in [6.45, 7) is 7.49. The minimum atomic E-state index is 0.500. The maximum absolute atomic E-state index is 5.25. The highest BCUT2D eigenvalue weighted by atomic mass is 16.6. The molecule has 13 heavy (non-hydrogen) atoms. The summed E-state index contributed by atoms with van der Waals surface area (Å²) < 4.78 is 5.25. The van der Waals surface area contributed by atoms with Gasteiger partial charge in [0.15, 0.2) is 0 Å². The summed E-state index contributed by atoms with van der Waals surface area (Å²) in [5.41, 5.74) is 5.66. The molecule has 0 amide bonds. The van der Waals surface area contributed by atoms with Crippen LogP contribution in [0.2, 0.25) is 0 Å². The first kappa shape index (κ1) is 8.76. The van der Waals surface area contributed by atoms with E-state index in [0.29, 0.717) is 6.10 Å². The molecule has 0 saturated carbocycles. The number of ether oxygens (including phenoxy) is 1. The molecule has 1 aromatic carbocycles. The minimum absolute atomic E-state index is 0.500. The molecular weight excluding hydrogens is 160 g/mol. The van der Waals surface area contributed by atoms with Crippen LogP contribution < -0.4 is 0 Å². The molecule has 0 spiro atoms. The second kappa shape index (κ2) is 3.15. The largest absolute Gasteiger partial charge is 0.373 e. The van der Waals surface area contributed by atoms with Gasteiger partial charge in [-0.25, -0.2) is 0 Å². The standard InChI is InChI=1S/C12H16O/c1-8-4-9(2)12(10(3)5-8)6-11-7-13-11/h4-5,11H,6-7H2,1-3H3/t11-/m1/s1. The molecule has 1 heteroatoms. The Balaban J connectivity index is 2.31. The Morgan fingerprint density at radius 3 is 2.23 bits per heavy atom. The summed E-state index contributed by atoms with van der Waals surface area (Å²) in [7, 11) is 0. The van der Waals surface area contributed by atoms with E-state index in [1.165, 1.54) is 22.3 Å². The zero-order valence-electron chi connectivity index (χ0n) is 8.55. The van der Waals surface area contributed by atoms with Crippen LogP contribution in [0.5, 0.6) is 0 Å². The van der Waals surface area contributed by atoms with Gasteiger partial charge in [-0.05, 0) is 37.5 Å². The fraction of sp³-hybridized carbons (Fsp3) is 0.500. The van der Waals surface area contributed by atoms with Gasteiger partial charge in [-0.3, -0.25) is 0 Å². The zero-order chi connectivity index (χ0) is 9.42. The van der Waals surface area contributed by atoms with Crippen LogP contribution in [0, 0.1) is 20.8 Å². The van der Waals surface area contributed by atoms with Crippen molar-refractivity contribution < 1.29 is 4.74 Å². The maximum atomic E-state index is 5.25. The van der Waals surface area contributed by atoms with Gasteiger partial charge in [0.05, 0.1) is 12.7 Å². The fourth-order valence-electron chi connectivity index (χ4n) is 1.95. The predicted molar refractivity (Wildman–Crippen MR) is 54.1 cm³/mol. The van der Waals surface area contributed by atoms with Crippen molar-refractivity contribution in [1.29, 1.82) is 0 Å². The van der Waals surface area contributed by atoms with Crippen molar-refractivity contribution in [2.75, 3.05) is 6.61 Å². The van der Waals surface area contributed by atoms with Crippen molar-refractivity contribution in [3.8, 4) is 0 Å². The normalized spacial score (nSPS) is 20.4. The summed E-state index contributed by atoms with van der Waals surface area (Å²) in [5, 5.41) is 0. The van der Waals surface area contributed by atoms with Crippen molar-refractivity contribution in [2.24, 2.45) is 0 Å². The van der Waals surface area contributed by atoms with Gasteiger partial charge in [-0.2, -0.15) is 0 Å². The molecule has 1 atom stereocenters. The second-order valence-corrected chi connectivity index (χ2v) is 4.04. The summed E-state index contributed by atoms with van der Waals surface area (Å²) in [6.07, 6.45) is 1.60. The van der Waals surface area contributed by atoms with Gasteiger partial charge < -0.3 is 4.74 Å². The van der Waals surface area contributed by atoms with E-state index in [2.05, 4.69) is 32.9 Å². The number of epoxide rings is 1. The third-order valence-corrected chi connectivity index (χ3v) is 2.67. The smallest absolute Gasteiger partial charge is 0.0850 e. The van der Waals surface area contributed by atoms with Crippen LogP contribution in [-0.4, -0.2) is 12.7 Å². The highest BCUT2D eigenvalue weighted by molar-refractivity contribution is 5.38. The van der Waals surface area contributed by atoms with Crippen LogP contribution in [0.25, 0.3) is 0 Å². The third-order valence-electron chi connectivity index (χ3n) is 2.67. The average molecular weight is 176 g/mol. The minimum Gasteiger partial charge on any atom is -0.373 e. The molecule has 0 aliphatic carbocycles. The highest BCUT2D eigenvalue weighted by Gasteiger charge is 2.23. The Morgan fingerprint density at radius 1 is 1.23 bits per heavy atom. The first-order chi connectivity index (χ1) is 6.16. The van der Waals surface area contributed by atoms with E-state index in [0.717, 1.165) is 13.0 Å². The molecule has 1 heterocycles. The molecule has 0 N–H and O–H groups in total. The number of hydrogen-bond acceptors (Lipinski definition) is 1. The van der Waals surface area contributed by atoms with E-state index in [1.807, 2.05) is 0 Å². The molecule has 1 aliphatic heterocycles. The molecule has 1 nitrogen and oxygen atoms in total. The van der Waals surface area contributed by atoms with Crippen LogP contribution in [0.15, 0.2) is 12.1 Å². The van der Waals surface area contributed by atoms with E-state index in [-0.39, 0.29) is 0 Å². The van der Waals surface area contributed by atoms with Gasteiger partial charge in [-0.1, -0.05) is 17.7 Å². The number of rotatable bonds is 2. The molecule has 1 aromatic rings. The SMILES string of the molecule is Cc1cc(C)c(C[C@@H]2CO2)c(C)c1. The molecule has 1 fully saturated rings. The van der Waals surface area contributed by atoms with Crippen molar-refractivity contribution in [3.05, 3.63) is 34.4 Å². The van der Waals surface area contributed by atoms with Crippen LogP contribution in [0.3, 0.4) is 0 Å². The van der Waals surface area contributed by atoms with E-state index in [1.54, 1.807) is 0 Å². The van der Waals surface area contributed by atoms with Gasteiger partial charge >= 0.3 is 0 Å². The van der Waals surface area contributed by atoms with Gasteiger partial charge in [0.1, 0.15) is 0 Å². The maximum Gasteiger partial charge on any atom is 0.0850 e. The Kier molecular flexibility index (Phi) is 2.12. The fourth-order valence-corrected chi connectivity index (χ4v) is 1.95. The highest BCUT2D eigenvalue weighted by Crippen LogP contribution is 2.22. The number of aryl methyl sites for hydroxylation is 3. The quantitative estimate of drug-likeness (QED) is 0.631. The van der Waals surface area contributed by atoms with Crippen LogP contribution in [0.4, 0.5) is 0 Å². The Hall–Kier alpha value is -0.820. The third kappa shape index (κ3) is 1.92. The van der Waals surface area contributed by atoms with E-state index in [9.17, 15) is 0 Å². The van der Waals surface area contributed by atoms with Crippen molar-refractivity contribution in [1.82, 2.24) is 0 Å². The van der Waals surface area contributed by atoms with Gasteiger partial charge in [-0.15, -0.1) is 0 Å². The molecule has 0 aromatic heterocycles. The molecule has 2 rings (SSSR count). The topological polar surface area (TPSA) is 12.5 Å². The van der Waals surface area contributed by atoms with Crippen LogP contribution in [0.1, 0.15) is 22.3 Å². The summed E-state index contributed by atoms with van der Waals surface area (Å²) >= 11 is 0. The molecule has 1 aliphatic rings. The van der Waals surface area contributed by atoms with Gasteiger partial charge in [0, 0.05) is 6.42 Å². The first-order valence-corrected chi connectivity index (χ1v) is 4.85. The lowest BCUT2D eigenvalue weighted by Crippen LogP contribution is -1.99. The number of hydrogen-bond donors (Lipinski definition) is 0. The van der Waals surface area contributed by atoms with Crippen molar-refractivity contribution in [2.45, 2.75) is 33.3 Å². The number of benzene rings is 1. The first-order valence-electron chi connectivity index (χ1n) is 4.85. The molecule has 0 unspecified atom stereocenters. The van der Waals surface area contributed by atoms with Gasteiger partial charge in [0.25, 0.3) is 0 Å². The summed E-state index contributed by atoms with van der Waals surface area (Å²) in [6, 6.07) is 4.51. The van der Waals surface area contributed by atoms with E-state index < -0.39 is 0 Å². The van der Waals surface area contributed by atoms with Crippen LogP contribution in [-0.2, 0) is 11.2 Å². The average Bonchev–Trinajstić information content (AvgIpc) is 2.79. The molecule has 0 bridgehead atoms. The molecule has 0 radical (unpaired) electrons. The molecule has 1 saturated heterocycles. The van der Waals surface area contributed by atoms with Gasteiger partial charge in [0.2, 0.25) is 0 Å². The second-order valence-electron chi connectivity index (χ2n) is 4.04. The lowest BCUT2D eigenvalue weighted by molar-refractivity contribution is 0.407. The lowest BCUT2D eigenvalue weighted by atomic mass is 9.96. The summed E-state index contributed by atoms with van der Waals surface area (Å²) in [4.78, 5) is 0. The predicted octanol–water partition coefficient (Wildman–Crippen LogP) is 2.55. The monoisotopic (exact) mass is 176 g/mol. The molecule has 70 valence electrons. The Morgan fingerprint density at radius 2 is 1.77 bits per heavy atom. The summed E-state index contributed by atoms with van der Waals surface area (Å²) in [5.74, 6) is 0. The Bertz CT molecular complexity index is 301. The Labute approximate surface area is 79.7 Å².